The molecule has 1 N–H and O–H groups in total. The van der Waals surface area contributed by atoms with E-state index in [0.29, 0.717) is 5.56 Å². The standard InChI is InChI=1S/C16H18BrNO3/c1-10(16(20-2)21-3)18-15(19)13-5-4-12-9-14(17)7-6-11(12)8-13/h4-10,16H,1-3H3,(H,18,19). The number of nitrogens with one attached hydrogen (secondary N) is 1. The second kappa shape index (κ2) is 7.02. The topological polar surface area (TPSA) is 47.6 Å². The number of fused-ring (bicyclic) bond motifs is 1. The van der Waals surface area contributed by atoms with E-state index in [1.807, 2.05) is 43.3 Å². The van der Waals surface area contributed by atoms with Crippen LogP contribution in [0.5, 0.6) is 0 Å². The summed E-state index contributed by atoms with van der Waals surface area (Å²) in [5.74, 6) is -0.147. The zero-order valence-electron chi connectivity index (χ0n) is 12.2. The monoisotopic (exact) mass is 351 g/mol. The van der Waals surface area contributed by atoms with Gasteiger partial charge in [0.1, 0.15) is 0 Å². The fourth-order valence-corrected chi connectivity index (χ4v) is 2.60. The molecule has 21 heavy (non-hydrogen) atoms. The molecule has 0 bridgehead atoms. The average Bonchev–Trinajstić information content (AvgIpc) is 2.47. The molecule has 1 atom stereocenters. The molecule has 0 radical (unpaired) electrons. The van der Waals surface area contributed by atoms with Gasteiger partial charge in [0.25, 0.3) is 5.91 Å². The summed E-state index contributed by atoms with van der Waals surface area (Å²) in [4.78, 5) is 12.3. The molecule has 0 aliphatic rings. The van der Waals surface area contributed by atoms with Gasteiger partial charge >= 0.3 is 0 Å². The largest absolute Gasteiger partial charge is 0.354 e. The van der Waals surface area contributed by atoms with Crippen LogP contribution in [0.1, 0.15) is 17.3 Å². The number of hydrogen-bond donors (Lipinski definition) is 1. The van der Waals surface area contributed by atoms with Crippen molar-refractivity contribution in [3.63, 3.8) is 0 Å². The summed E-state index contributed by atoms with van der Waals surface area (Å²) in [5, 5.41) is 4.98. The molecule has 0 aromatic heterocycles. The number of carbonyl (C=O) groups excluding carboxylic acids is 1. The maximum atomic E-state index is 12.3. The SMILES string of the molecule is COC(OC)C(C)NC(=O)c1ccc2cc(Br)ccc2c1. The minimum Gasteiger partial charge on any atom is -0.354 e. The highest BCUT2D eigenvalue weighted by atomic mass is 79.9. The Kier molecular flexibility index (Phi) is 5.33. The highest BCUT2D eigenvalue weighted by molar-refractivity contribution is 9.10. The molecule has 2 aromatic carbocycles. The van der Waals surface area contributed by atoms with E-state index in [1.54, 1.807) is 14.2 Å². The molecule has 4 nitrogen and oxygen atoms in total. The summed E-state index contributed by atoms with van der Waals surface area (Å²) in [6.07, 6.45) is -0.467. The van der Waals surface area contributed by atoms with E-state index < -0.39 is 6.29 Å². The Morgan fingerprint density at radius 1 is 1.10 bits per heavy atom. The van der Waals surface area contributed by atoms with Gasteiger partial charge in [-0.2, -0.15) is 0 Å². The van der Waals surface area contributed by atoms with Crippen LogP contribution in [0.15, 0.2) is 40.9 Å². The van der Waals surface area contributed by atoms with E-state index in [4.69, 9.17) is 9.47 Å². The lowest BCUT2D eigenvalue weighted by Crippen LogP contribution is -2.42. The molecule has 1 unspecified atom stereocenters. The molecular weight excluding hydrogens is 334 g/mol. The van der Waals surface area contributed by atoms with Crippen molar-refractivity contribution < 1.29 is 14.3 Å². The van der Waals surface area contributed by atoms with Crippen LogP contribution >= 0.6 is 15.9 Å². The predicted molar refractivity (Wildman–Crippen MR) is 86.4 cm³/mol. The average molecular weight is 352 g/mol. The second-order valence-corrected chi connectivity index (χ2v) is 5.72. The van der Waals surface area contributed by atoms with E-state index >= 15 is 0 Å². The van der Waals surface area contributed by atoms with Crippen molar-refractivity contribution in [3.8, 4) is 0 Å². The van der Waals surface area contributed by atoms with Gasteiger partial charge < -0.3 is 14.8 Å². The Morgan fingerprint density at radius 2 is 1.71 bits per heavy atom. The number of hydrogen-bond acceptors (Lipinski definition) is 3. The first-order valence-electron chi connectivity index (χ1n) is 6.61. The number of halogens is 1. The van der Waals surface area contributed by atoms with E-state index in [-0.39, 0.29) is 11.9 Å². The maximum absolute atomic E-state index is 12.3. The lowest BCUT2D eigenvalue weighted by Gasteiger charge is -2.22. The summed E-state index contributed by atoms with van der Waals surface area (Å²) >= 11 is 3.44. The van der Waals surface area contributed by atoms with Gasteiger partial charge in [-0.05, 0) is 42.0 Å². The van der Waals surface area contributed by atoms with Crippen LogP contribution in [0.3, 0.4) is 0 Å². The van der Waals surface area contributed by atoms with Crippen molar-refractivity contribution in [1.29, 1.82) is 0 Å². The molecule has 0 saturated heterocycles. The van der Waals surface area contributed by atoms with Crippen molar-refractivity contribution in [2.24, 2.45) is 0 Å². The molecule has 0 aliphatic heterocycles. The molecule has 0 heterocycles. The van der Waals surface area contributed by atoms with Crippen LogP contribution in [-0.4, -0.2) is 32.5 Å². The third-order valence-corrected chi connectivity index (χ3v) is 3.79. The van der Waals surface area contributed by atoms with Gasteiger partial charge in [-0.15, -0.1) is 0 Å². The molecule has 0 spiro atoms. The van der Waals surface area contributed by atoms with Crippen LogP contribution in [-0.2, 0) is 9.47 Å². The Morgan fingerprint density at radius 3 is 2.38 bits per heavy atom. The van der Waals surface area contributed by atoms with Crippen molar-refractivity contribution in [2.45, 2.75) is 19.3 Å². The van der Waals surface area contributed by atoms with E-state index in [0.717, 1.165) is 15.2 Å². The second-order valence-electron chi connectivity index (χ2n) is 4.81. The van der Waals surface area contributed by atoms with Gasteiger partial charge in [-0.1, -0.05) is 28.1 Å². The number of rotatable bonds is 5. The third kappa shape index (κ3) is 3.81. The van der Waals surface area contributed by atoms with E-state index in [9.17, 15) is 4.79 Å². The highest BCUT2D eigenvalue weighted by Crippen LogP contribution is 2.21. The zero-order chi connectivity index (χ0) is 15.4. The van der Waals surface area contributed by atoms with Crippen LogP contribution in [0, 0.1) is 0 Å². The summed E-state index contributed by atoms with van der Waals surface area (Å²) in [5.41, 5.74) is 0.614. The summed E-state index contributed by atoms with van der Waals surface area (Å²) < 4.78 is 11.3. The third-order valence-electron chi connectivity index (χ3n) is 3.30. The molecule has 112 valence electrons. The number of methoxy groups -OCH3 is 2. The zero-order valence-corrected chi connectivity index (χ0v) is 13.8. The van der Waals surface area contributed by atoms with Gasteiger partial charge in [-0.25, -0.2) is 0 Å². The lowest BCUT2D eigenvalue weighted by atomic mass is 10.1. The van der Waals surface area contributed by atoms with Crippen molar-refractivity contribution in [2.75, 3.05) is 14.2 Å². The van der Waals surface area contributed by atoms with Gasteiger partial charge in [0.2, 0.25) is 0 Å². The van der Waals surface area contributed by atoms with Crippen LogP contribution < -0.4 is 5.32 Å². The molecule has 0 saturated carbocycles. The first-order chi connectivity index (χ1) is 10.0. The van der Waals surface area contributed by atoms with Gasteiger partial charge in [-0.3, -0.25) is 4.79 Å². The number of ether oxygens (including phenoxy) is 2. The normalized spacial score (nSPS) is 12.6. The number of benzene rings is 2. The first kappa shape index (κ1) is 15.9. The molecule has 1 amide bonds. The summed E-state index contributed by atoms with van der Waals surface area (Å²) in [6.45, 7) is 1.84. The minimum absolute atomic E-state index is 0.147. The van der Waals surface area contributed by atoms with Crippen LogP contribution in [0.4, 0.5) is 0 Å². The van der Waals surface area contributed by atoms with E-state index in [1.165, 1.54) is 0 Å². The predicted octanol–water partition coefficient (Wildman–Crippen LogP) is 3.34. The maximum Gasteiger partial charge on any atom is 0.251 e. The number of carbonyl (C=O) groups is 1. The van der Waals surface area contributed by atoms with Crippen molar-refractivity contribution in [1.82, 2.24) is 5.32 Å². The molecule has 5 heteroatoms. The fraction of sp³-hybridized carbons (Fsp3) is 0.312. The summed E-state index contributed by atoms with van der Waals surface area (Å²) in [6, 6.07) is 11.3. The quantitative estimate of drug-likeness (QED) is 0.840. The Labute approximate surface area is 132 Å². The Balaban J connectivity index is 2.17. The first-order valence-corrected chi connectivity index (χ1v) is 7.40. The molecule has 2 aromatic rings. The lowest BCUT2D eigenvalue weighted by molar-refractivity contribution is -0.117. The molecule has 0 fully saturated rings. The fourth-order valence-electron chi connectivity index (χ4n) is 2.22. The molecule has 0 aliphatic carbocycles. The van der Waals surface area contributed by atoms with Gasteiger partial charge in [0.15, 0.2) is 6.29 Å². The number of amides is 1. The Hall–Kier alpha value is -1.43. The molecular formula is C16H18BrNO3. The van der Waals surface area contributed by atoms with Crippen LogP contribution in [0.25, 0.3) is 10.8 Å². The van der Waals surface area contributed by atoms with Crippen molar-refractivity contribution >= 4 is 32.6 Å². The smallest absolute Gasteiger partial charge is 0.251 e. The summed E-state index contributed by atoms with van der Waals surface area (Å²) in [7, 11) is 3.09. The minimum atomic E-state index is -0.467. The van der Waals surface area contributed by atoms with Crippen LogP contribution in [0.2, 0.25) is 0 Å². The van der Waals surface area contributed by atoms with Gasteiger partial charge in [0, 0.05) is 24.3 Å². The molecule has 2 rings (SSSR count). The van der Waals surface area contributed by atoms with Crippen molar-refractivity contribution in [3.05, 3.63) is 46.4 Å². The highest BCUT2D eigenvalue weighted by Gasteiger charge is 2.18. The Bertz CT molecular complexity index is 640. The van der Waals surface area contributed by atoms with E-state index in [2.05, 4.69) is 21.2 Å². The van der Waals surface area contributed by atoms with Gasteiger partial charge in [0.05, 0.1) is 6.04 Å².